The summed E-state index contributed by atoms with van der Waals surface area (Å²) in [6.07, 6.45) is 1.80. The Morgan fingerprint density at radius 1 is 0.618 bits per heavy atom. The van der Waals surface area contributed by atoms with E-state index in [-0.39, 0.29) is 0 Å². The van der Waals surface area contributed by atoms with Crippen molar-refractivity contribution < 1.29 is 9.26 Å². The van der Waals surface area contributed by atoms with Gasteiger partial charge in [0.15, 0.2) is 8.15 Å². The second-order valence-electron chi connectivity index (χ2n) is 7.70. The first-order valence-electron chi connectivity index (χ1n) is 11.2. The van der Waals surface area contributed by atoms with E-state index >= 15 is 0 Å². The highest BCUT2D eigenvalue weighted by Gasteiger charge is 2.20. The van der Waals surface area contributed by atoms with E-state index in [1.165, 1.54) is 0 Å². The Hall–Kier alpha value is -3.94. The first-order valence-corrected chi connectivity index (χ1v) is 12.4. The third kappa shape index (κ3) is 5.33. The molecule has 166 valence electrons. The van der Waals surface area contributed by atoms with Crippen LogP contribution in [0.3, 0.4) is 0 Å². The van der Waals surface area contributed by atoms with E-state index in [0.29, 0.717) is 6.61 Å². The molecule has 5 aromatic rings. The molecule has 0 amide bonds. The molecule has 0 saturated carbocycles. The highest BCUT2D eigenvalue weighted by molar-refractivity contribution is 7.68. The molecular weight excluding hydrogens is 437 g/mol. The van der Waals surface area contributed by atoms with E-state index in [1.54, 1.807) is 6.20 Å². The van der Waals surface area contributed by atoms with Crippen LogP contribution in [0.5, 0.6) is 11.5 Å². The van der Waals surface area contributed by atoms with Crippen LogP contribution in [-0.4, -0.2) is 4.98 Å². The normalized spacial score (nSPS) is 10.7. The van der Waals surface area contributed by atoms with Crippen LogP contribution in [0.1, 0.15) is 5.56 Å². The SMILES string of the molecule is c1ccc(COc2ccc(OP(c3ccccc3)c3ccccc3)c(-c3ccccn3)c2)cc1. The van der Waals surface area contributed by atoms with Gasteiger partial charge in [0.1, 0.15) is 18.1 Å². The van der Waals surface area contributed by atoms with Gasteiger partial charge < -0.3 is 9.26 Å². The first-order chi connectivity index (χ1) is 16.9. The Balaban J connectivity index is 1.50. The van der Waals surface area contributed by atoms with Crippen LogP contribution in [0.25, 0.3) is 11.3 Å². The van der Waals surface area contributed by atoms with Crippen LogP contribution in [0.15, 0.2) is 134 Å². The third-order valence-corrected chi connectivity index (χ3v) is 7.22. The van der Waals surface area contributed by atoms with Gasteiger partial charge >= 0.3 is 0 Å². The van der Waals surface area contributed by atoms with Crippen molar-refractivity contribution in [2.75, 3.05) is 0 Å². The lowest BCUT2D eigenvalue weighted by molar-refractivity contribution is 0.306. The number of ether oxygens (including phenoxy) is 1. The Morgan fingerprint density at radius 2 is 1.24 bits per heavy atom. The summed E-state index contributed by atoms with van der Waals surface area (Å²) in [6.45, 7) is 0.503. The van der Waals surface area contributed by atoms with Crippen molar-refractivity contribution in [3.05, 3.63) is 139 Å². The minimum Gasteiger partial charge on any atom is -0.489 e. The zero-order chi connectivity index (χ0) is 23.0. The zero-order valence-electron chi connectivity index (χ0n) is 18.6. The summed E-state index contributed by atoms with van der Waals surface area (Å²) in [4.78, 5) is 4.59. The molecule has 0 saturated heterocycles. The van der Waals surface area contributed by atoms with E-state index in [2.05, 4.69) is 65.6 Å². The lowest BCUT2D eigenvalue weighted by Gasteiger charge is -2.21. The van der Waals surface area contributed by atoms with E-state index < -0.39 is 8.15 Å². The molecule has 0 aliphatic heterocycles. The van der Waals surface area contributed by atoms with Crippen molar-refractivity contribution in [2.45, 2.75) is 6.61 Å². The number of pyridine rings is 1. The number of hydrogen-bond donors (Lipinski definition) is 0. The van der Waals surface area contributed by atoms with Crippen LogP contribution in [0.2, 0.25) is 0 Å². The molecular formula is C30H24NO2P. The Bertz CT molecular complexity index is 1270. The Morgan fingerprint density at radius 3 is 1.85 bits per heavy atom. The number of hydrogen-bond acceptors (Lipinski definition) is 3. The van der Waals surface area contributed by atoms with Crippen LogP contribution >= 0.6 is 8.15 Å². The van der Waals surface area contributed by atoms with Crippen molar-refractivity contribution in [1.82, 2.24) is 4.98 Å². The highest BCUT2D eigenvalue weighted by atomic mass is 31.1. The fraction of sp³-hybridized carbons (Fsp3) is 0.0333. The van der Waals surface area contributed by atoms with Crippen LogP contribution in [-0.2, 0) is 6.61 Å². The smallest absolute Gasteiger partial charge is 0.150 e. The molecule has 0 aliphatic carbocycles. The fourth-order valence-electron chi connectivity index (χ4n) is 3.62. The van der Waals surface area contributed by atoms with E-state index in [9.17, 15) is 0 Å². The summed E-state index contributed by atoms with van der Waals surface area (Å²) < 4.78 is 12.9. The minimum absolute atomic E-state index is 0.503. The maximum atomic E-state index is 6.76. The summed E-state index contributed by atoms with van der Waals surface area (Å²) in [6, 6.07) is 42.8. The first kappa shape index (κ1) is 21.9. The van der Waals surface area contributed by atoms with Gasteiger partial charge in [0.05, 0.1) is 5.69 Å². The number of benzene rings is 4. The predicted molar refractivity (Wildman–Crippen MR) is 140 cm³/mol. The van der Waals surface area contributed by atoms with Gasteiger partial charge in [-0.2, -0.15) is 0 Å². The summed E-state index contributed by atoms with van der Waals surface area (Å²) >= 11 is 0. The van der Waals surface area contributed by atoms with Gasteiger partial charge in [-0.3, -0.25) is 4.98 Å². The molecule has 0 aliphatic rings. The van der Waals surface area contributed by atoms with E-state index in [4.69, 9.17) is 9.26 Å². The van der Waals surface area contributed by atoms with Gasteiger partial charge in [0, 0.05) is 22.4 Å². The fourth-order valence-corrected chi connectivity index (χ4v) is 5.37. The van der Waals surface area contributed by atoms with Gasteiger partial charge in [-0.05, 0) is 35.9 Å². The monoisotopic (exact) mass is 461 g/mol. The van der Waals surface area contributed by atoms with Crippen molar-refractivity contribution >= 4 is 18.8 Å². The molecule has 1 heterocycles. The molecule has 0 radical (unpaired) electrons. The molecule has 5 rings (SSSR count). The average molecular weight is 462 g/mol. The molecule has 0 N–H and O–H groups in total. The molecule has 3 nitrogen and oxygen atoms in total. The number of nitrogens with zero attached hydrogens (tertiary/aromatic N) is 1. The molecule has 0 atom stereocenters. The third-order valence-electron chi connectivity index (χ3n) is 5.31. The Labute approximate surface area is 201 Å². The summed E-state index contributed by atoms with van der Waals surface area (Å²) in [5, 5.41) is 2.31. The molecule has 0 spiro atoms. The summed E-state index contributed by atoms with van der Waals surface area (Å²) in [7, 11) is -1.06. The van der Waals surface area contributed by atoms with Gasteiger partial charge in [-0.1, -0.05) is 97.1 Å². The highest BCUT2D eigenvalue weighted by Crippen LogP contribution is 2.42. The van der Waals surface area contributed by atoms with Gasteiger partial charge in [-0.25, -0.2) is 0 Å². The largest absolute Gasteiger partial charge is 0.489 e. The van der Waals surface area contributed by atoms with Crippen LogP contribution in [0, 0.1) is 0 Å². The molecule has 1 aromatic heterocycles. The lowest BCUT2D eigenvalue weighted by Crippen LogP contribution is -2.15. The van der Waals surface area contributed by atoms with Crippen molar-refractivity contribution in [2.24, 2.45) is 0 Å². The molecule has 4 heteroatoms. The minimum atomic E-state index is -1.06. The topological polar surface area (TPSA) is 31.4 Å². The lowest BCUT2D eigenvalue weighted by atomic mass is 10.1. The maximum absolute atomic E-state index is 6.76. The quantitative estimate of drug-likeness (QED) is 0.239. The number of aromatic nitrogens is 1. The zero-order valence-corrected chi connectivity index (χ0v) is 19.5. The number of rotatable bonds is 8. The van der Waals surface area contributed by atoms with E-state index in [1.807, 2.05) is 66.7 Å². The molecule has 0 unspecified atom stereocenters. The van der Waals surface area contributed by atoms with E-state index in [0.717, 1.165) is 38.9 Å². The van der Waals surface area contributed by atoms with Gasteiger partial charge in [0.25, 0.3) is 0 Å². The maximum Gasteiger partial charge on any atom is 0.150 e. The van der Waals surface area contributed by atoms with Crippen molar-refractivity contribution in [1.29, 1.82) is 0 Å². The van der Waals surface area contributed by atoms with Gasteiger partial charge in [0.2, 0.25) is 0 Å². The molecule has 0 fully saturated rings. The second kappa shape index (κ2) is 10.8. The summed E-state index contributed by atoms with van der Waals surface area (Å²) in [5.74, 6) is 1.56. The Kier molecular flexibility index (Phi) is 6.94. The standard InChI is InChI=1S/C30H24NO2P/c1-4-12-24(13-5-1)23-32-25-19-20-30(28(22-25)29-18-10-11-21-31-29)33-34(26-14-6-2-7-15-26)27-16-8-3-9-17-27/h1-22H,23H2. The van der Waals surface area contributed by atoms with Gasteiger partial charge in [-0.15, -0.1) is 0 Å². The van der Waals surface area contributed by atoms with Crippen LogP contribution in [0.4, 0.5) is 0 Å². The molecule has 34 heavy (non-hydrogen) atoms. The molecule has 0 bridgehead atoms. The molecule has 4 aromatic carbocycles. The predicted octanol–water partition coefficient (Wildman–Crippen LogP) is 6.75. The van der Waals surface area contributed by atoms with Crippen molar-refractivity contribution in [3.8, 4) is 22.8 Å². The average Bonchev–Trinajstić information content (AvgIpc) is 2.93. The van der Waals surface area contributed by atoms with Crippen molar-refractivity contribution in [3.63, 3.8) is 0 Å². The second-order valence-corrected chi connectivity index (χ2v) is 9.51. The summed E-state index contributed by atoms with van der Waals surface area (Å²) in [5.41, 5.74) is 2.88. The van der Waals surface area contributed by atoms with Crippen LogP contribution < -0.4 is 19.9 Å².